The summed E-state index contributed by atoms with van der Waals surface area (Å²) in [5.41, 5.74) is 6.37. The van der Waals surface area contributed by atoms with Gasteiger partial charge in [-0.2, -0.15) is 0 Å². The molecule has 0 aromatic heterocycles. The van der Waals surface area contributed by atoms with Crippen LogP contribution < -0.4 is 5.73 Å². The highest BCUT2D eigenvalue weighted by molar-refractivity contribution is 5.25. The van der Waals surface area contributed by atoms with Crippen LogP contribution in [0.25, 0.3) is 0 Å². The van der Waals surface area contributed by atoms with Gasteiger partial charge in [0.25, 0.3) is 0 Å². The molecule has 0 fully saturated rings. The largest absolute Gasteiger partial charge is 0.399 e. The maximum absolute atomic E-state index is 5.52. The number of hydrogen-bond donors (Lipinski definition) is 1. The molecule has 1 aliphatic carbocycles. The molecule has 0 bridgehead atoms. The van der Waals surface area contributed by atoms with E-state index in [1.54, 1.807) is 0 Å². The van der Waals surface area contributed by atoms with Gasteiger partial charge in [-0.3, -0.25) is 0 Å². The zero-order chi connectivity index (χ0) is 9.40. The van der Waals surface area contributed by atoms with E-state index in [0.29, 0.717) is 5.92 Å². The number of nitrogens with two attached hydrogens (primary N) is 1. The van der Waals surface area contributed by atoms with Gasteiger partial charge in [0.2, 0.25) is 0 Å². The zero-order valence-electron chi connectivity index (χ0n) is 8.09. The van der Waals surface area contributed by atoms with Crippen molar-refractivity contribution in [2.45, 2.75) is 27.2 Å². The number of hydrogen-bond acceptors (Lipinski definition) is 1. The lowest BCUT2D eigenvalue weighted by atomic mass is 10.0. The summed E-state index contributed by atoms with van der Waals surface area (Å²) < 4.78 is 0. The van der Waals surface area contributed by atoms with Crippen LogP contribution in [0.4, 0.5) is 0 Å². The van der Waals surface area contributed by atoms with Gasteiger partial charge in [-0.25, -0.2) is 0 Å². The fraction of sp³-hybridized carbons (Fsp3) is 0.455. The van der Waals surface area contributed by atoms with E-state index in [1.807, 2.05) is 39.0 Å². The molecule has 1 aliphatic rings. The third-order valence-electron chi connectivity index (χ3n) is 1.46. The molecule has 1 unspecified atom stereocenters. The van der Waals surface area contributed by atoms with Crippen molar-refractivity contribution >= 4 is 0 Å². The highest BCUT2D eigenvalue weighted by atomic mass is 14.6. The van der Waals surface area contributed by atoms with Crippen LogP contribution >= 0.6 is 0 Å². The maximum Gasteiger partial charge on any atom is 0.0421 e. The first-order valence-corrected chi connectivity index (χ1v) is 4.39. The Morgan fingerprint density at radius 1 is 1.50 bits per heavy atom. The van der Waals surface area contributed by atoms with Gasteiger partial charge in [-0.05, 0) is 19.4 Å². The molecular weight excluding hydrogens is 146 g/mol. The molecule has 1 atom stereocenters. The summed E-state index contributed by atoms with van der Waals surface area (Å²) in [7, 11) is 0. The van der Waals surface area contributed by atoms with Crippen molar-refractivity contribution in [3.63, 3.8) is 0 Å². The van der Waals surface area contributed by atoms with Crippen molar-refractivity contribution in [1.29, 1.82) is 0 Å². The molecule has 1 rings (SSSR count). The smallest absolute Gasteiger partial charge is 0.0421 e. The van der Waals surface area contributed by atoms with Gasteiger partial charge in [0, 0.05) is 11.6 Å². The van der Waals surface area contributed by atoms with E-state index in [1.165, 1.54) is 0 Å². The van der Waals surface area contributed by atoms with Crippen molar-refractivity contribution < 1.29 is 0 Å². The summed E-state index contributed by atoms with van der Waals surface area (Å²) in [6.07, 6.45) is 6.93. The lowest BCUT2D eigenvalue weighted by Gasteiger charge is -2.06. The van der Waals surface area contributed by atoms with Crippen LogP contribution in [0.3, 0.4) is 0 Å². The Hall–Kier alpha value is -1.16. The second kappa shape index (κ2) is 6.54. The maximum atomic E-state index is 5.52. The summed E-state index contributed by atoms with van der Waals surface area (Å²) in [6.45, 7) is 5.86. The van der Waals surface area contributed by atoms with Crippen LogP contribution in [0.2, 0.25) is 0 Å². The fourth-order valence-corrected chi connectivity index (χ4v) is 0.929. The first-order chi connectivity index (χ1) is 5.83. The number of allylic oxidation sites excluding steroid dienone is 3. The van der Waals surface area contributed by atoms with Crippen LogP contribution in [0.15, 0.2) is 23.9 Å². The average molecular weight is 163 g/mol. The first kappa shape index (κ1) is 10.8. The molecule has 0 aromatic carbocycles. The third-order valence-corrected chi connectivity index (χ3v) is 1.46. The third kappa shape index (κ3) is 3.88. The summed E-state index contributed by atoms with van der Waals surface area (Å²) in [5, 5.41) is 0. The summed E-state index contributed by atoms with van der Waals surface area (Å²) in [5.74, 6) is 6.34. The Morgan fingerprint density at radius 2 is 2.17 bits per heavy atom. The normalized spacial score (nSPS) is 19.6. The van der Waals surface area contributed by atoms with E-state index in [9.17, 15) is 0 Å². The average Bonchev–Trinajstić information content (AvgIpc) is 2.13. The van der Waals surface area contributed by atoms with Crippen molar-refractivity contribution in [2.75, 3.05) is 0 Å². The van der Waals surface area contributed by atoms with Crippen molar-refractivity contribution in [1.82, 2.24) is 0 Å². The topological polar surface area (TPSA) is 26.0 Å². The van der Waals surface area contributed by atoms with Crippen molar-refractivity contribution in [3.05, 3.63) is 23.9 Å². The molecule has 0 radical (unpaired) electrons. The van der Waals surface area contributed by atoms with Gasteiger partial charge in [0.15, 0.2) is 0 Å². The van der Waals surface area contributed by atoms with E-state index < -0.39 is 0 Å². The highest BCUT2D eigenvalue weighted by Crippen LogP contribution is 2.11. The Balaban J connectivity index is 0.000000561. The highest BCUT2D eigenvalue weighted by Gasteiger charge is 2.01. The monoisotopic (exact) mass is 163 g/mol. The van der Waals surface area contributed by atoms with Gasteiger partial charge in [-0.15, -0.1) is 5.92 Å². The van der Waals surface area contributed by atoms with Crippen LogP contribution in [0.1, 0.15) is 27.2 Å². The van der Waals surface area contributed by atoms with Gasteiger partial charge in [0.1, 0.15) is 0 Å². The molecule has 0 amide bonds. The first-order valence-electron chi connectivity index (χ1n) is 4.39. The second-order valence-corrected chi connectivity index (χ2v) is 2.30. The van der Waals surface area contributed by atoms with E-state index in [2.05, 4.69) is 11.8 Å². The van der Waals surface area contributed by atoms with E-state index in [0.717, 1.165) is 12.1 Å². The fourth-order valence-electron chi connectivity index (χ4n) is 0.929. The molecule has 0 aromatic rings. The Labute approximate surface area is 75.3 Å². The molecule has 66 valence electrons. The van der Waals surface area contributed by atoms with Crippen molar-refractivity contribution in [2.24, 2.45) is 11.7 Å². The minimum Gasteiger partial charge on any atom is -0.399 e. The molecule has 2 N–H and O–H groups in total. The second-order valence-electron chi connectivity index (χ2n) is 2.30. The molecule has 0 saturated carbocycles. The minimum absolute atomic E-state index is 0.386. The van der Waals surface area contributed by atoms with Crippen LogP contribution in [0, 0.1) is 17.8 Å². The molecule has 1 heteroatoms. The number of rotatable bonds is 0. The predicted octanol–water partition coefficient (Wildman–Crippen LogP) is 2.45. The lowest BCUT2D eigenvalue weighted by molar-refractivity contribution is 0.840. The predicted molar refractivity (Wildman–Crippen MR) is 54.3 cm³/mol. The summed E-state index contributed by atoms with van der Waals surface area (Å²) >= 11 is 0. The van der Waals surface area contributed by atoms with Crippen LogP contribution in [0.5, 0.6) is 0 Å². The zero-order valence-corrected chi connectivity index (χ0v) is 8.09. The van der Waals surface area contributed by atoms with Crippen LogP contribution in [-0.2, 0) is 0 Å². The summed E-state index contributed by atoms with van der Waals surface area (Å²) in [4.78, 5) is 0. The van der Waals surface area contributed by atoms with Crippen molar-refractivity contribution in [3.8, 4) is 11.8 Å². The molecule has 0 saturated heterocycles. The molecule has 0 aliphatic heterocycles. The summed E-state index contributed by atoms with van der Waals surface area (Å²) in [6, 6.07) is 0. The molecule has 0 spiro atoms. The SMILES string of the molecule is CC.CC#CC1C=CC(N)=CC1. The van der Waals surface area contributed by atoms with E-state index in [4.69, 9.17) is 5.73 Å². The Kier molecular flexibility index (Phi) is 5.91. The Bertz CT molecular complexity index is 225. The van der Waals surface area contributed by atoms with Crippen LogP contribution in [-0.4, -0.2) is 0 Å². The van der Waals surface area contributed by atoms with Gasteiger partial charge in [-0.1, -0.05) is 31.9 Å². The standard InChI is InChI=1S/C9H11N.C2H6/c1-2-3-8-4-6-9(10)7-5-8;1-2/h4,6-8H,5,10H2,1H3;1-2H3. The van der Waals surface area contributed by atoms with Gasteiger partial charge in [0.05, 0.1) is 0 Å². The minimum atomic E-state index is 0.386. The molecule has 0 heterocycles. The lowest BCUT2D eigenvalue weighted by Crippen LogP contribution is -2.02. The van der Waals surface area contributed by atoms with Gasteiger partial charge >= 0.3 is 0 Å². The molecular formula is C11H17N. The molecule has 12 heavy (non-hydrogen) atoms. The molecule has 1 nitrogen and oxygen atoms in total. The quantitative estimate of drug-likeness (QED) is 0.545. The van der Waals surface area contributed by atoms with E-state index >= 15 is 0 Å². The Morgan fingerprint density at radius 3 is 2.58 bits per heavy atom. The van der Waals surface area contributed by atoms with Gasteiger partial charge < -0.3 is 5.73 Å². The van der Waals surface area contributed by atoms with E-state index in [-0.39, 0.29) is 0 Å².